The normalized spacial score (nSPS) is 18.8. The zero-order valence-electron chi connectivity index (χ0n) is 13.7. The summed E-state index contributed by atoms with van der Waals surface area (Å²) in [4.78, 5) is 20.4. The van der Waals surface area contributed by atoms with Crippen LogP contribution in [0.25, 0.3) is 10.6 Å². The molecule has 122 valence electrons. The predicted molar refractivity (Wildman–Crippen MR) is 94.4 cm³/mol. The Kier molecular flexibility index (Phi) is 5.08. The molecule has 0 radical (unpaired) electrons. The number of rotatable bonds is 4. The van der Waals surface area contributed by atoms with Gasteiger partial charge in [-0.05, 0) is 33.4 Å². The van der Waals surface area contributed by atoms with Gasteiger partial charge in [0.15, 0.2) is 0 Å². The molecule has 1 unspecified atom stereocenters. The Morgan fingerprint density at radius 1 is 1.39 bits per heavy atom. The second-order valence-electron chi connectivity index (χ2n) is 6.21. The van der Waals surface area contributed by atoms with Gasteiger partial charge in [0, 0.05) is 17.0 Å². The van der Waals surface area contributed by atoms with E-state index in [1.54, 1.807) is 11.3 Å². The van der Waals surface area contributed by atoms with Crippen molar-refractivity contribution in [1.29, 1.82) is 0 Å². The van der Waals surface area contributed by atoms with Gasteiger partial charge in [0.05, 0.1) is 18.2 Å². The number of nitrogens with zero attached hydrogens (tertiary/aromatic N) is 2. The third-order valence-electron chi connectivity index (χ3n) is 4.33. The summed E-state index contributed by atoms with van der Waals surface area (Å²) in [6.45, 7) is 4.55. The molecule has 1 atom stereocenters. The second kappa shape index (κ2) is 7.23. The van der Waals surface area contributed by atoms with Crippen LogP contribution in [0.3, 0.4) is 0 Å². The zero-order chi connectivity index (χ0) is 16.2. The van der Waals surface area contributed by atoms with Crippen LogP contribution < -0.4 is 5.32 Å². The van der Waals surface area contributed by atoms with Gasteiger partial charge in [-0.1, -0.05) is 30.3 Å². The number of piperidine rings is 1. The SMILES string of the molecule is Cc1nc(-c2ccccc2)sc1CNC(=O)C1CCCN(C)C1. The Balaban J connectivity index is 1.62. The van der Waals surface area contributed by atoms with Crippen molar-refractivity contribution in [2.24, 2.45) is 5.92 Å². The van der Waals surface area contributed by atoms with Crippen molar-refractivity contribution in [3.05, 3.63) is 40.9 Å². The maximum atomic E-state index is 12.4. The minimum absolute atomic E-state index is 0.121. The Labute approximate surface area is 141 Å². The number of carbonyl (C=O) groups is 1. The fourth-order valence-corrected chi connectivity index (χ4v) is 4.00. The Morgan fingerprint density at radius 3 is 2.91 bits per heavy atom. The van der Waals surface area contributed by atoms with Gasteiger partial charge >= 0.3 is 0 Å². The van der Waals surface area contributed by atoms with Crippen molar-refractivity contribution in [2.45, 2.75) is 26.3 Å². The summed E-state index contributed by atoms with van der Waals surface area (Å²) in [5.41, 5.74) is 2.14. The topological polar surface area (TPSA) is 45.2 Å². The molecule has 1 aliphatic heterocycles. The number of nitrogens with one attached hydrogen (secondary N) is 1. The second-order valence-corrected chi connectivity index (χ2v) is 7.30. The molecule has 5 heteroatoms. The fraction of sp³-hybridized carbons (Fsp3) is 0.444. The lowest BCUT2D eigenvalue weighted by Crippen LogP contribution is -2.41. The molecule has 1 saturated heterocycles. The minimum Gasteiger partial charge on any atom is -0.351 e. The summed E-state index contributed by atoms with van der Waals surface area (Å²) in [5.74, 6) is 0.293. The highest BCUT2D eigenvalue weighted by Crippen LogP contribution is 2.27. The first-order valence-electron chi connectivity index (χ1n) is 8.11. The standard InChI is InChI=1S/C18H23N3OS/c1-13-16(23-18(20-13)14-7-4-3-5-8-14)11-19-17(22)15-9-6-10-21(2)12-15/h3-5,7-8,15H,6,9-12H2,1-2H3,(H,19,22). The largest absolute Gasteiger partial charge is 0.351 e. The first-order chi connectivity index (χ1) is 11.1. The van der Waals surface area contributed by atoms with E-state index in [9.17, 15) is 4.79 Å². The number of aryl methyl sites for hydroxylation is 1. The molecule has 23 heavy (non-hydrogen) atoms. The van der Waals surface area contributed by atoms with Gasteiger partial charge in [-0.25, -0.2) is 4.98 Å². The average molecular weight is 329 g/mol. The average Bonchev–Trinajstić information content (AvgIpc) is 2.94. The lowest BCUT2D eigenvalue weighted by Gasteiger charge is -2.28. The van der Waals surface area contributed by atoms with Crippen LogP contribution >= 0.6 is 11.3 Å². The number of amides is 1. The number of hydrogen-bond acceptors (Lipinski definition) is 4. The van der Waals surface area contributed by atoms with E-state index in [0.717, 1.165) is 47.1 Å². The van der Waals surface area contributed by atoms with E-state index in [4.69, 9.17) is 0 Å². The number of benzene rings is 1. The summed E-state index contributed by atoms with van der Waals surface area (Å²) in [6.07, 6.45) is 2.10. The molecule has 1 aromatic heterocycles. The molecule has 1 aliphatic rings. The molecule has 3 rings (SSSR count). The minimum atomic E-state index is 0.121. The number of thiazole rings is 1. The number of likely N-dealkylation sites (tertiary alicyclic amines) is 1. The van der Waals surface area contributed by atoms with Crippen molar-refractivity contribution in [1.82, 2.24) is 15.2 Å². The van der Waals surface area contributed by atoms with Gasteiger partial charge in [-0.3, -0.25) is 4.79 Å². The maximum absolute atomic E-state index is 12.4. The lowest BCUT2D eigenvalue weighted by atomic mass is 9.98. The molecule has 1 aromatic carbocycles. The predicted octanol–water partition coefficient (Wildman–Crippen LogP) is 3.08. The van der Waals surface area contributed by atoms with E-state index >= 15 is 0 Å². The van der Waals surface area contributed by atoms with Crippen molar-refractivity contribution in [3.8, 4) is 10.6 Å². The summed E-state index contributed by atoms with van der Waals surface area (Å²) in [7, 11) is 2.08. The quantitative estimate of drug-likeness (QED) is 0.937. The highest BCUT2D eigenvalue weighted by atomic mass is 32.1. The fourth-order valence-electron chi connectivity index (χ4n) is 2.99. The molecular formula is C18H23N3OS. The first kappa shape index (κ1) is 16.1. The number of aromatic nitrogens is 1. The van der Waals surface area contributed by atoms with Gasteiger partial charge in [0.25, 0.3) is 0 Å². The van der Waals surface area contributed by atoms with Gasteiger partial charge < -0.3 is 10.2 Å². The van der Waals surface area contributed by atoms with Crippen molar-refractivity contribution >= 4 is 17.2 Å². The van der Waals surface area contributed by atoms with Crippen molar-refractivity contribution in [3.63, 3.8) is 0 Å². The van der Waals surface area contributed by atoms with E-state index in [1.807, 2.05) is 25.1 Å². The van der Waals surface area contributed by atoms with Crippen LogP contribution in [0.2, 0.25) is 0 Å². The Hall–Kier alpha value is -1.72. The molecule has 0 bridgehead atoms. The highest BCUT2D eigenvalue weighted by Gasteiger charge is 2.23. The van der Waals surface area contributed by atoms with Crippen LogP contribution in [0.5, 0.6) is 0 Å². The molecule has 0 aliphatic carbocycles. The summed E-state index contributed by atoms with van der Waals surface area (Å²) >= 11 is 1.67. The van der Waals surface area contributed by atoms with Crippen molar-refractivity contribution < 1.29 is 4.79 Å². The summed E-state index contributed by atoms with van der Waals surface area (Å²) in [6, 6.07) is 10.2. The third kappa shape index (κ3) is 3.98. The smallest absolute Gasteiger partial charge is 0.224 e. The molecule has 1 amide bonds. The van der Waals surface area contributed by atoms with Crippen LogP contribution in [0.4, 0.5) is 0 Å². The highest BCUT2D eigenvalue weighted by molar-refractivity contribution is 7.15. The van der Waals surface area contributed by atoms with E-state index in [0.29, 0.717) is 6.54 Å². The van der Waals surface area contributed by atoms with E-state index in [1.165, 1.54) is 0 Å². The molecule has 1 N–H and O–H groups in total. The molecular weight excluding hydrogens is 306 g/mol. The molecule has 0 saturated carbocycles. The zero-order valence-corrected chi connectivity index (χ0v) is 14.5. The van der Waals surface area contributed by atoms with Crippen LogP contribution in [-0.2, 0) is 11.3 Å². The maximum Gasteiger partial charge on any atom is 0.224 e. The monoisotopic (exact) mass is 329 g/mol. The first-order valence-corrected chi connectivity index (χ1v) is 8.93. The molecule has 1 fully saturated rings. The van der Waals surface area contributed by atoms with Crippen LogP contribution in [0.15, 0.2) is 30.3 Å². The third-order valence-corrected chi connectivity index (χ3v) is 5.54. The van der Waals surface area contributed by atoms with Gasteiger partial charge in [-0.15, -0.1) is 11.3 Å². The van der Waals surface area contributed by atoms with Gasteiger partial charge in [-0.2, -0.15) is 0 Å². The van der Waals surface area contributed by atoms with E-state index in [-0.39, 0.29) is 11.8 Å². The van der Waals surface area contributed by atoms with Crippen LogP contribution in [-0.4, -0.2) is 35.9 Å². The number of hydrogen-bond donors (Lipinski definition) is 1. The summed E-state index contributed by atoms with van der Waals surface area (Å²) < 4.78 is 0. The molecule has 4 nitrogen and oxygen atoms in total. The van der Waals surface area contributed by atoms with Crippen LogP contribution in [0, 0.1) is 12.8 Å². The molecule has 2 aromatic rings. The lowest BCUT2D eigenvalue weighted by molar-refractivity contribution is -0.126. The summed E-state index contributed by atoms with van der Waals surface area (Å²) in [5, 5.41) is 4.12. The van der Waals surface area contributed by atoms with Crippen molar-refractivity contribution in [2.75, 3.05) is 20.1 Å². The van der Waals surface area contributed by atoms with Gasteiger partial charge in [0.2, 0.25) is 5.91 Å². The molecule has 0 spiro atoms. The van der Waals surface area contributed by atoms with E-state index in [2.05, 4.69) is 34.4 Å². The van der Waals surface area contributed by atoms with Crippen LogP contribution in [0.1, 0.15) is 23.4 Å². The number of carbonyl (C=O) groups excluding carboxylic acids is 1. The Bertz CT molecular complexity index is 668. The Morgan fingerprint density at radius 2 is 2.17 bits per heavy atom. The van der Waals surface area contributed by atoms with E-state index < -0.39 is 0 Å². The molecule has 2 heterocycles. The van der Waals surface area contributed by atoms with Gasteiger partial charge in [0.1, 0.15) is 5.01 Å².